The Balaban J connectivity index is 4.33. The molecule has 0 saturated heterocycles. The van der Waals surface area contributed by atoms with Crippen LogP contribution in [0.5, 0.6) is 0 Å². The molecule has 0 aromatic heterocycles. The minimum atomic E-state index is -1.52. The lowest BCUT2D eigenvalue weighted by molar-refractivity contribution is -0.870. The van der Waals surface area contributed by atoms with E-state index < -0.39 is 24.3 Å². The number of quaternary nitrogens is 1. The average molecular weight is 911 g/mol. The number of aliphatic carboxylic acids is 1. The summed E-state index contributed by atoms with van der Waals surface area (Å²) in [5, 5.41) is 9.66. The zero-order chi connectivity index (χ0) is 47.7. The first-order valence-electron chi connectivity index (χ1n) is 25.8. The Labute approximate surface area is 398 Å². The fourth-order valence-electron chi connectivity index (χ4n) is 6.66. The molecule has 0 aliphatic rings. The fourth-order valence-corrected chi connectivity index (χ4v) is 6.66. The van der Waals surface area contributed by atoms with Crippen molar-refractivity contribution in [3.05, 3.63) is 85.1 Å². The summed E-state index contributed by atoms with van der Waals surface area (Å²) in [6.45, 7) is 4.71. The summed E-state index contributed by atoms with van der Waals surface area (Å²) >= 11 is 0. The van der Waals surface area contributed by atoms with E-state index in [1.807, 2.05) is 21.1 Å². The number of ether oxygens (including phenoxy) is 4. The van der Waals surface area contributed by atoms with Gasteiger partial charge in [-0.3, -0.25) is 9.59 Å². The number of carboxylic acids is 1. The normalized spacial score (nSPS) is 13.6. The second kappa shape index (κ2) is 47.0. The first-order chi connectivity index (χ1) is 31.6. The van der Waals surface area contributed by atoms with Crippen LogP contribution < -0.4 is 0 Å². The lowest BCUT2D eigenvalue weighted by Gasteiger charge is -2.25. The van der Waals surface area contributed by atoms with Crippen LogP contribution in [0.3, 0.4) is 0 Å². The molecular weight excluding hydrogens is 815 g/mol. The van der Waals surface area contributed by atoms with Crippen molar-refractivity contribution in [1.29, 1.82) is 0 Å². The van der Waals surface area contributed by atoms with Crippen molar-refractivity contribution >= 4 is 17.9 Å². The first kappa shape index (κ1) is 61.5. The van der Waals surface area contributed by atoms with Crippen LogP contribution in [0.15, 0.2) is 85.1 Å². The van der Waals surface area contributed by atoms with E-state index in [1.54, 1.807) is 0 Å². The number of nitrogens with zero attached hydrogens (tertiary/aromatic N) is 1. The standard InChI is InChI=1S/C56H95NO8/c1-6-8-10-12-14-16-18-20-21-22-23-24-25-26-27-28-29-30-31-32-33-35-37-39-41-43-45-47-54(59)65-52(51-64-56(55(60)61)62-49-48-57(3,4)5)50-63-53(58)46-44-42-40-38-36-34-19-17-15-13-11-9-7-2/h8,10,14,16-17,19-21,23-24,26-27,29-30,52,56H,6-7,9,11-13,15,18,22,25,28,31-51H2,1-5H3/p+1/b10-8-,16-14-,19-17-,21-20-,24-23-,27-26-,30-29-. The zero-order valence-electron chi connectivity index (χ0n) is 42.1. The number of allylic oxidation sites excluding steroid dienone is 14. The van der Waals surface area contributed by atoms with Crippen LogP contribution >= 0.6 is 0 Å². The van der Waals surface area contributed by atoms with Crippen LogP contribution in [-0.4, -0.2) is 87.4 Å². The van der Waals surface area contributed by atoms with Gasteiger partial charge in [-0.15, -0.1) is 0 Å². The van der Waals surface area contributed by atoms with Gasteiger partial charge in [0, 0.05) is 12.8 Å². The van der Waals surface area contributed by atoms with E-state index >= 15 is 0 Å². The van der Waals surface area contributed by atoms with E-state index in [0.29, 0.717) is 17.4 Å². The van der Waals surface area contributed by atoms with Gasteiger partial charge in [0.1, 0.15) is 13.2 Å². The molecule has 0 aliphatic carbocycles. The third kappa shape index (κ3) is 48.2. The Bertz CT molecular complexity index is 1340. The summed E-state index contributed by atoms with van der Waals surface area (Å²) in [4.78, 5) is 37.2. The molecule has 0 saturated carbocycles. The Morgan fingerprint density at radius 2 is 0.877 bits per heavy atom. The lowest BCUT2D eigenvalue weighted by atomic mass is 10.1. The number of hydrogen-bond acceptors (Lipinski definition) is 7. The topological polar surface area (TPSA) is 108 Å². The predicted octanol–water partition coefficient (Wildman–Crippen LogP) is 14.4. The summed E-state index contributed by atoms with van der Waals surface area (Å²) in [5.74, 6) is -2.04. The van der Waals surface area contributed by atoms with Gasteiger partial charge >= 0.3 is 17.9 Å². The molecule has 0 aromatic rings. The number of carbonyl (C=O) groups is 3. The third-order valence-corrected chi connectivity index (χ3v) is 10.6. The highest BCUT2D eigenvalue weighted by Gasteiger charge is 2.25. The van der Waals surface area contributed by atoms with Gasteiger partial charge < -0.3 is 28.5 Å². The molecule has 9 nitrogen and oxygen atoms in total. The molecule has 0 amide bonds. The van der Waals surface area contributed by atoms with Crippen LogP contribution in [0.4, 0.5) is 0 Å². The zero-order valence-corrected chi connectivity index (χ0v) is 42.1. The van der Waals surface area contributed by atoms with Crippen molar-refractivity contribution < 1.29 is 42.9 Å². The molecule has 0 heterocycles. The Kier molecular flexibility index (Phi) is 44.4. The summed E-state index contributed by atoms with van der Waals surface area (Å²) in [5.41, 5.74) is 0. The van der Waals surface area contributed by atoms with Crippen LogP contribution in [0.25, 0.3) is 0 Å². The van der Waals surface area contributed by atoms with Gasteiger partial charge in [0.2, 0.25) is 0 Å². The molecule has 0 bridgehead atoms. The molecule has 0 rings (SSSR count). The van der Waals surface area contributed by atoms with Crippen LogP contribution in [-0.2, 0) is 33.3 Å². The van der Waals surface area contributed by atoms with Gasteiger partial charge in [0.15, 0.2) is 6.10 Å². The van der Waals surface area contributed by atoms with Crippen molar-refractivity contribution in [2.75, 3.05) is 47.5 Å². The van der Waals surface area contributed by atoms with E-state index in [9.17, 15) is 19.5 Å². The molecule has 0 fully saturated rings. The Morgan fingerprint density at radius 1 is 0.477 bits per heavy atom. The molecule has 65 heavy (non-hydrogen) atoms. The molecule has 2 atom stereocenters. The van der Waals surface area contributed by atoms with Gasteiger partial charge in [0.25, 0.3) is 6.29 Å². The number of rotatable bonds is 46. The molecule has 0 aromatic carbocycles. The maximum Gasteiger partial charge on any atom is 0.361 e. The van der Waals surface area contributed by atoms with Crippen molar-refractivity contribution in [2.24, 2.45) is 0 Å². The van der Waals surface area contributed by atoms with Crippen molar-refractivity contribution in [1.82, 2.24) is 0 Å². The van der Waals surface area contributed by atoms with Crippen molar-refractivity contribution in [3.63, 3.8) is 0 Å². The summed E-state index contributed by atoms with van der Waals surface area (Å²) < 4.78 is 22.8. The van der Waals surface area contributed by atoms with E-state index in [0.717, 1.165) is 103 Å². The number of unbranched alkanes of at least 4 members (excludes halogenated alkanes) is 17. The van der Waals surface area contributed by atoms with Gasteiger partial charge in [0.05, 0.1) is 34.4 Å². The predicted molar refractivity (Wildman–Crippen MR) is 272 cm³/mol. The number of esters is 2. The second-order valence-corrected chi connectivity index (χ2v) is 18.1. The average Bonchev–Trinajstić information content (AvgIpc) is 3.27. The molecule has 0 radical (unpaired) electrons. The molecule has 1 N–H and O–H groups in total. The van der Waals surface area contributed by atoms with Gasteiger partial charge in [-0.05, 0) is 89.9 Å². The number of carboxylic acid groups (broad SMARTS) is 1. The van der Waals surface area contributed by atoms with Crippen molar-refractivity contribution in [2.45, 2.75) is 206 Å². The van der Waals surface area contributed by atoms with E-state index in [-0.39, 0.29) is 38.6 Å². The largest absolute Gasteiger partial charge is 0.477 e. The quantitative estimate of drug-likeness (QED) is 0.0211. The molecule has 372 valence electrons. The molecule has 2 unspecified atom stereocenters. The minimum absolute atomic E-state index is 0.181. The lowest BCUT2D eigenvalue weighted by Crippen LogP contribution is -2.40. The molecular formula is C56H96NO8+. The van der Waals surface area contributed by atoms with Crippen LogP contribution in [0, 0.1) is 0 Å². The maximum absolute atomic E-state index is 12.8. The van der Waals surface area contributed by atoms with Gasteiger partial charge in [-0.2, -0.15) is 0 Å². The Hall–Kier alpha value is -3.53. The highest BCUT2D eigenvalue weighted by atomic mass is 16.7. The Morgan fingerprint density at radius 3 is 1.32 bits per heavy atom. The number of hydrogen-bond donors (Lipinski definition) is 1. The summed E-state index contributed by atoms with van der Waals surface area (Å²) in [6.07, 6.45) is 57.9. The third-order valence-electron chi connectivity index (χ3n) is 10.6. The first-order valence-corrected chi connectivity index (χ1v) is 25.8. The molecule has 0 spiro atoms. The van der Waals surface area contributed by atoms with Crippen LogP contribution in [0.1, 0.15) is 194 Å². The summed E-state index contributed by atoms with van der Waals surface area (Å²) in [6, 6.07) is 0. The van der Waals surface area contributed by atoms with Gasteiger partial charge in [-0.1, -0.05) is 176 Å². The van der Waals surface area contributed by atoms with Crippen LogP contribution in [0.2, 0.25) is 0 Å². The SMILES string of the molecule is CC/C=C\C/C=C\C/C=C\C/C=C\C/C=C\C/C=C\CCCCCCCCCCC(=O)OC(COC(=O)CCCCCCC/C=C\CCCCCC)COC(OCC[N+](C)(C)C)C(=O)O. The maximum atomic E-state index is 12.8. The molecule has 0 aliphatic heterocycles. The number of likely N-dealkylation sites (N-methyl/N-ethyl adjacent to an activating group) is 1. The monoisotopic (exact) mass is 911 g/mol. The molecule has 9 heteroatoms. The van der Waals surface area contributed by atoms with E-state index in [1.165, 1.54) is 57.8 Å². The fraction of sp³-hybridized carbons (Fsp3) is 0.696. The smallest absolute Gasteiger partial charge is 0.361 e. The second-order valence-electron chi connectivity index (χ2n) is 18.1. The minimum Gasteiger partial charge on any atom is -0.477 e. The summed E-state index contributed by atoms with van der Waals surface area (Å²) in [7, 11) is 5.95. The van der Waals surface area contributed by atoms with E-state index in [4.69, 9.17) is 18.9 Å². The highest BCUT2D eigenvalue weighted by molar-refractivity contribution is 5.71. The van der Waals surface area contributed by atoms with Crippen molar-refractivity contribution in [3.8, 4) is 0 Å². The number of carbonyl (C=O) groups excluding carboxylic acids is 2. The highest BCUT2D eigenvalue weighted by Crippen LogP contribution is 2.14. The van der Waals surface area contributed by atoms with E-state index in [2.05, 4.69) is 98.9 Å². The van der Waals surface area contributed by atoms with Gasteiger partial charge in [-0.25, -0.2) is 4.79 Å².